The van der Waals surface area contributed by atoms with Crippen LogP contribution in [-0.2, 0) is 11.2 Å². The number of morpholine rings is 1. The van der Waals surface area contributed by atoms with E-state index in [1.165, 1.54) is 25.7 Å². The predicted molar refractivity (Wildman–Crippen MR) is 63.8 cm³/mol. The van der Waals surface area contributed by atoms with Gasteiger partial charge in [-0.2, -0.15) is 0 Å². The van der Waals surface area contributed by atoms with E-state index in [0.29, 0.717) is 6.04 Å². The van der Waals surface area contributed by atoms with Gasteiger partial charge >= 0.3 is 0 Å². The highest BCUT2D eigenvalue weighted by Crippen LogP contribution is 2.30. The van der Waals surface area contributed by atoms with Crippen LogP contribution in [0.4, 0.5) is 0 Å². The summed E-state index contributed by atoms with van der Waals surface area (Å²) in [5.41, 5.74) is 0. The summed E-state index contributed by atoms with van der Waals surface area (Å²) >= 11 is 0. The Kier molecular flexibility index (Phi) is 3.38. The van der Waals surface area contributed by atoms with Gasteiger partial charge in [0.1, 0.15) is 12.2 Å². The normalized spacial score (nSPS) is 26.5. The molecule has 1 aliphatic carbocycles. The lowest BCUT2D eigenvalue weighted by Crippen LogP contribution is -2.40. The first-order chi connectivity index (χ1) is 8.43. The van der Waals surface area contributed by atoms with Crippen LogP contribution < -0.4 is 5.32 Å². The summed E-state index contributed by atoms with van der Waals surface area (Å²) in [5, 5.41) is 11.7. The highest BCUT2D eigenvalue weighted by Gasteiger charge is 2.22. The molecule has 1 aromatic heterocycles. The molecule has 2 heterocycles. The second-order valence-electron chi connectivity index (χ2n) is 4.99. The second-order valence-corrected chi connectivity index (χ2v) is 4.99. The van der Waals surface area contributed by atoms with Crippen molar-refractivity contribution >= 4 is 0 Å². The number of hydrogen-bond donors (Lipinski definition) is 1. The van der Waals surface area contributed by atoms with E-state index < -0.39 is 0 Å². The summed E-state index contributed by atoms with van der Waals surface area (Å²) in [7, 11) is 0. The zero-order chi connectivity index (χ0) is 11.5. The van der Waals surface area contributed by atoms with Gasteiger partial charge in [0.25, 0.3) is 0 Å². The van der Waals surface area contributed by atoms with Crippen molar-refractivity contribution in [2.75, 3.05) is 19.7 Å². The zero-order valence-electron chi connectivity index (χ0n) is 10.1. The van der Waals surface area contributed by atoms with Crippen molar-refractivity contribution in [1.29, 1.82) is 0 Å². The summed E-state index contributed by atoms with van der Waals surface area (Å²) in [4.78, 5) is 0. The smallest absolute Gasteiger partial charge is 0.135 e. The number of ether oxygens (including phenoxy) is 1. The second kappa shape index (κ2) is 5.14. The lowest BCUT2D eigenvalue weighted by Gasteiger charge is -2.24. The molecule has 1 saturated heterocycles. The minimum atomic E-state index is 0.258. The van der Waals surface area contributed by atoms with Crippen molar-refractivity contribution in [3.63, 3.8) is 0 Å². The van der Waals surface area contributed by atoms with Crippen molar-refractivity contribution in [1.82, 2.24) is 20.1 Å². The molecule has 1 aliphatic heterocycles. The fraction of sp³-hybridized carbons (Fsp3) is 0.833. The molecule has 2 aliphatic rings. The van der Waals surface area contributed by atoms with E-state index in [9.17, 15) is 0 Å². The van der Waals surface area contributed by atoms with Crippen molar-refractivity contribution in [2.45, 2.75) is 44.2 Å². The first-order valence-corrected chi connectivity index (χ1v) is 6.64. The Labute approximate surface area is 102 Å². The highest BCUT2D eigenvalue weighted by atomic mass is 16.5. The Morgan fingerprint density at radius 2 is 2.29 bits per heavy atom. The molecule has 1 atom stereocenters. The van der Waals surface area contributed by atoms with Crippen LogP contribution in [-0.4, -0.2) is 40.6 Å². The quantitative estimate of drug-likeness (QED) is 0.848. The molecule has 1 unspecified atom stereocenters. The Morgan fingerprint density at radius 1 is 1.41 bits per heavy atom. The largest absolute Gasteiger partial charge is 0.375 e. The molecule has 2 fully saturated rings. The maximum absolute atomic E-state index is 5.73. The maximum Gasteiger partial charge on any atom is 0.135 e. The van der Waals surface area contributed by atoms with E-state index in [4.69, 9.17) is 4.74 Å². The third-order valence-corrected chi connectivity index (χ3v) is 3.78. The van der Waals surface area contributed by atoms with Gasteiger partial charge in [0.2, 0.25) is 0 Å². The Bertz CT molecular complexity index is 353. The molecule has 5 heteroatoms. The van der Waals surface area contributed by atoms with Gasteiger partial charge in [0.15, 0.2) is 0 Å². The first-order valence-electron chi connectivity index (χ1n) is 6.64. The molecule has 1 aromatic rings. The van der Waals surface area contributed by atoms with Crippen LogP contribution in [0.1, 0.15) is 37.5 Å². The topological polar surface area (TPSA) is 52.0 Å². The fourth-order valence-electron chi connectivity index (χ4n) is 2.85. The minimum Gasteiger partial charge on any atom is -0.375 e. The molecule has 1 saturated carbocycles. The van der Waals surface area contributed by atoms with Gasteiger partial charge in [-0.25, -0.2) is 0 Å². The standard InChI is InChI=1S/C12H20N4O/c1-2-4-10(3-1)16-9-14-15-12(16)7-11-8-13-5-6-17-11/h9-11,13H,1-8H2. The molecule has 94 valence electrons. The summed E-state index contributed by atoms with van der Waals surface area (Å²) in [6.07, 6.45) is 8.25. The summed E-state index contributed by atoms with van der Waals surface area (Å²) in [6, 6.07) is 0.622. The number of rotatable bonds is 3. The monoisotopic (exact) mass is 236 g/mol. The molecule has 0 radical (unpaired) electrons. The third kappa shape index (κ3) is 2.50. The number of aromatic nitrogens is 3. The van der Waals surface area contributed by atoms with Crippen LogP contribution in [0, 0.1) is 0 Å². The van der Waals surface area contributed by atoms with Crippen LogP contribution in [0.25, 0.3) is 0 Å². The van der Waals surface area contributed by atoms with Crippen molar-refractivity contribution < 1.29 is 4.74 Å². The van der Waals surface area contributed by atoms with Crippen molar-refractivity contribution in [3.05, 3.63) is 12.2 Å². The molecule has 0 bridgehead atoms. The Morgan fingerprint density at radius 3 is 3.06 bits per heavy atom. The minimum absolute atomic E-state index is 0.258. The molecule has 0 spiro atoms. The van der Waals surface area contributed by atoms with Crippen LogP contribution >= 0.6 is 0 Å². The number of nitrogens with one attached hydrogen (secondary N) is 1. The SMILES string of the molecule is c1nnc(CC2CNCCO2)n1C1CCCC1. The predicted octanol–water partition coefficient (Wildman–Crippen LogP) is 0.924. The molecule has 17 heavy (non-hydrogen) atoms. The summed E-state index contributed by atoms with van der Waals surface area (Å²) in [6.45, 7) is 2.70. The first kappa shape index (κ1) is 11.2. The van der Waals surface area contributed by atoms with Crippen LogP contribution in [0.5, 0.6) is 0 Å². The molecule has 5 nitrogen and oxygen atoms in total. The van der Waals surface area contributed by atoms with Gasteiger partial charge < -0.3 is 14.6 Å². The molecule has 0 amide bonds. The highest BCUT2D eigenvalue weighted by molar-refractivity contribution is 4.94. The van der Waals surface area contributed by atoms with Gasteiger partial charge in [-0.05, 0) is 12.8 Å². The molecule has 3 rings (SSSR count). The van der Waals surface area contributed by atoms with Crippen LogP contribution in [0.2, 0.25) is 0 Å². The zero-order valence-corrected chi connectivity index (χ0v) is 10.1. The van der Waals surface area contributed by atoms with Gasteiger partial charge in [-0.3, -0.25) is 0 Å². The van der Waals surface area contributed by atoms with Gasteiger partial charge in [0, 0.05) is 25.6 Å². The van der Waals surface area contributed by atoms with Crippen LogP contribution in [0.15, 0.2) is 6.33 Å². The molecular weight excluding hydrogens is 216 g/mol. The van der Waals surface area contributed by atoms with E-state index in [1.54, 1.807) is 0 Å². The fourth-order valence-corrected chi connectivity index (χ4v) is 2.85. The molecule has 0 aromatic carbocycles. The van der Waals surface area contributed by atoms with E-state index in [2.05, 4.69) is 20.1 Å². The Balaban J connectivity index is 1.67. The van der Waals surface area contributed by atoms with Gasteiger partial charge in [0.05, 0.1) is 12.7 Å². The molecular formula is C12H20N4O. The Hall–Kier alpha value is -0.940. The number of nitrogens with zero attached hydrogens (tertiary/aromatic N) is 3. The van der Waals surface area contributed by atoms with E-state index in [1.807, 2.05) is 6.33 Å². The van der Waals surface area contributed by atoms with Gasteiger partial charge in [-0.15, -0.1) is 10.2 Å². The van der Waals surface area contributed by atoms with Gasteiger partial charge in [-0.1, -0.05) is 12.8 Å². The summed E-state index contributed by atoms with van der Waals surface area (Å²) < 4.78 is 7.99. The average Bonchev–Trinajstić information content (AvgIpc) is 3.00. The third-order valence-electron chi connectivity index (χ3n) is 3.78. The molecule has 1 N–H and O–H groups in total. The van der Waals surface area contributed by atoms with E-state index >= 15 is 0 Å². The lowest BCUT2D eigenvalue weighted by atomic mass is 10.2. The van der Waals surface area contributed by atoms with E-state index in [-0.39, 0.29) is 6.10 Å². The van der Waals surface area contributed by atoms with Crippen molar-refractivity contribution in [2.24, 2.45) is 0 Å². The van der Waals surface area contributed by atoms with Crippen molar-refractivity contribution in [3.8, 4) is 0 Å². The lowest BCUT2D eigenvalue weighted by molar-refractivity contribution is 0.0273. The van der Waals surface area contributed by atoms with Crippen LogP contribution in [0.3, 0.4) is 0 Å². The number of hydrogen-bond acceptors (Lipinski definition) is 4. The summed E-state index contributed by atoms with van der Waals surface area (Å²) in [5.74, 6) is 1.09. The average molecular weight is 236 g/mol. The van der Waals surface area contributed by atoms with E-state index in [0.717, 1.165) is 31.9 Å². The maximum atomic E-state index is 5.73.